The lowest BCUT2D eigenvalue weighted by Crippen LogP contribution is -1.97. The molecule has 0 radical (unpaired) electrons. The largest absolute Gasteiger partial charge is 0.334 e. The van der Waals surface area contributed by atoms with Gasteiger partial charge in [0, 0.05) is 12.6 Å². The Balaban J connectivity index is 2.31. The van der Waals surface area contributed by atoms with E-state index in [-0.39, 0.29) is 0 Å². The molecule has 0 atom stereocenters. The van der Waals surface area contributed by atoms with Crippen molar-refractivity contribution in [3.63, 3.8) is 0 Å². The average molecular weight is 309 g/mol. The lowest BCUT2D eigenvalue weighted by atomic mass is 10.0. The van der Waals surface area contributed by atoms with Gasteiger partial charge in [-0.15, -0.1) is 0 Å². The van der Waals surface area contributed by atoms with Crippen LogP contribution in [0, 0.1) is 18.5 Å². The van der Waals surface area contributed by atoms with E-state index in [0.717, 1.165) is 16.7 Å². The van der Waals surface area contributed by atoms with Gasteiger partial charge in [0.2, 0.25) is 0 Å². The maximum absolute atomic E-state index is 5.17. The van der Waals surface area contributed by atoms with Crippen molar-refractivity contribution in [3.8, 4) is 0 Å². The van der Waals surface area contributed by atoms with Crippen molar-refractivity contribution in [2.24, 2.45) is 0 Å². The summed E-state index contributed by atoms with van der Waals surface area (Å²) in [7, 11) is 0. The first-order valence-corrected chi connectivity index (χ1v) is 6.55. The predicted molar refractivity (Wildman–Crippen MR) is 75.8 cm³/mol. The number of aromatic amines is 1. The first-order chi connectivity index (χ1) is 8.04. The van der Waals surface area contributed by atoms with E-state index >= 15 is 0 Å². The van der Waals surface area contributed by atoms with Gasteiger partial charge in [-0.3, -0.25) is 0 Å². The van der Waals surface area contributed by atoms with Crippen molar-refractivity contribution in [1.29, 1.82) is 0 Å². The first-order valence-electron chi connectivity index (χ1n) is 5.35. The third-order valence-corrected chi connectivity index (χ3v) is 3.65. The number of hydrogen-bond acceptors (Lipinski definition) is 2. The summed E-state index contributed by atoms with van der Waals surface area (Å²) in [5.41, 5.74) is 3.80. The molecule has 1 aromatic carbocycles. The van der Waals surface area contributed by atoms with Crippen molar-refractivity contribution in [1.82, 2.24) is 9.97 Å². The fourth-order valence-electron chi connectivity index (χ4n) is 1.87. The maximum Gasteiger partial charge on any atom is 0.120 e. The van der Waals surface area contributed by atoms with Crippen LogP contribution in [-0.2, 0) is 6.42 Å². The average Bonchev–Trinajstić information content (AvgIpc) is 2.22. The Hall–Kier alpha value is -1.000. The number of halogens is 1. The van der Waals surface area contributed by atoms with Crippen LogP contribution >= 0.6 is 28.1 Å². The molecule has 0 aliphatic carbocycles. The zero-order valence-corrected chi connectivity index (χ0v) is 12.2. The number of aryl methyl sites for hydroxylation is 2. The highest BCUT2D eigenvalue weighted by Crippen LogP contribution is 2.13. The van der Waals surface area contributed by atoms with Crippen LogP contribution in [-0.4, -0.2) is 9.97 Å². The van der Waals surface area contributed by atoms with Crippen LogP contribution in [0.4, 0.5) is 0 Å². The number of benzene rings is 1. The Morgan fingerprint density at radius 3 is 2.47 bits per heavy atom. The lowest BCUT2D eigenvalue weighted by Gasteiger charge is -2.05. The molecule has 1 heterocycles. The number of rotatable bonds is 2. The second-order valence-corrected chi connectivity index (χ2v) is 5.44. The number of nitrogens with zero attached hydrogens (tertiary/aromatic N) is 1. The van der Waals surface area contributed by atoms with Crippen LogP contribution in [0.1, 0.15) is 22.5 Å². The Labute approximate surface area is 114 Å². The summed E-state index contributed by atoms with van der Waals surface area (Å²) in [4.78, 5) is 7.44. The highest BCUT2D eigenvalue weighted by molar-refractivity contribution is 9.10. The fraction of sp³-hybridized carbons (Fsp3) is 0.231. The molecular formula is C13H13BrN2S. The van der Waals surface area contributed by atoms with Gasteiger partial charge >= 0.3 is 0 Å². The number of aromatic nitrogens is 2. The topological polar surface area (TPSA) is 28.7 Å². The third-order valence-electron chi connectivity index (χ3n) is 2.46. The summed E-state index contributed by atoms with van der Waals surface area (Å²) >= 11 is 8.51. The molecular weight excluding hydrogens is 296 g/mol. The molecule has 2 aromatic rings. The van der Waals surface area contributed by atoms with E-state index in [2.05, 4.69) is 57.9 Å². The standard InChI is InChI=1S/C13H13BrN2S/c1-8-3-9(2)5-10(4-8)6-12-15-7-11(14)13(17)16-12/h3-5,7H,6H2,1-2H3,(H,15,16,17). The van der Waals surface area contributed by atoms with Gasteiger partial charge in [-0.05, 0) is 35.3 Å². The molecule has 1 aromatic heterocycles. The minimum Gasteiger partial charge on any atom is -0.334 e. The molecule has 1 N–H and O–H groups in total. The van der Waals surface area contributed by atoms with E-state index < -0.39 is 0 Å². The Bertz CT molecular complexity index is 584. The van der Waals surface area contributed by atoms with E-state index in [0.29, 0.717) is 4.64 Å². The number of H-pyrrole nitrogens is 1. The normalized spacial score (nSPS) is 10.5. The molecule has 0 bridgehead atoms. The van der Waals surface area contributed by atoms with Crippen molar-refractivity contribution in [2.75, 3.05) is 0 Å². The molecule has 0 spiro atoms. The lowest BCUT2D eigenvalue weighted by molar-refractivity contribution is 0.951. The van der Waals surface area contributed by atoms with Crippen molar-refractivity contribution in [2.45, 2.75) is 20.3 Å². The van der Waals surface area contributed by atoms with Crippen molar-refractivity contribution < 1.29 is 0 Å². The SMILES string of the molecule is Cc1cc(C)cc(Cc2ncc(Br)c(=S)[nH]2)c1. The zero-order chi connectivity index (χ0) is 12.4. The molecule has 0 amide bonds. The Morgan fingerprint density at radius 2 is 1.88 bits per heavy atom. The van der Waals surface area contributed by atoms with Gasteiger partial charge in [0.25, 0.3) is 0 Å². The summed E-state index contributed by atoms with van der Waals surface area (Å²) < 4.78 is 1.52. The summed E-state index contributed by atoms with van der Waals surface area (Å²) in [5.74, 6) is 0.892. The van der Waals surface area contributed by atoms with Gasteiger partial charge in [-0.25, -0.2) is 4.98 Å². The van der Waals surface area contributed by atoms with Crippen LogP contribution < -0.4 is 0 Å². The molecule has 0 saturated carbocycles. The summed E-state index contributed by atoms with van der Waals surface area (Å²) in [5, 5.41) is 0. The van der Waals surface area contributed by atoms with E-state index in [4.69, 9.17) is 12.2 Å². The van der Waals surface area contributed by atoms with Gasteiger partial charge in [0.05, 0.1) is 4.47 Å². The van der Waals surface area contributed by atoms with Crippen LogP contribution in [0.15, 0.2) is 28.9 Å². The van der Waals surface area contributed by atoms with Crippen LogP contribution in [0.2, 0.25) is 0 Å². The van der Waals surface area contributed by atoms with Crippen molar-refractivity contribution >= 4 is 28.1 Å². The molecule has 2 nitrogen and oxygen atoms in total. The van der Waals surface area contributed by atoms with E-state index in [1.54, 1.807) is 6.20 Å². The fourth-order valence-corrected chi connectivity index (χ4v) is 2.24. The van der Waals surface area contributed by atoms with Gasteiger partial charge in [-0.1, -0.05) is 41.5 Å². The molecule has 0 aliphatic heterocycles. The summed E-state index contributed by atoms with van der Waals surface area (Å²) in [6.45, 7) is 4.21. The minimum atomic E-state index is 0.694. The second kappa shape index (κ2) is 5.10. The van der Waals surface area contributed by atoms with Gasteiger partial charge in [-0.2, -0.15) is 0 Å². The summed E-state index contributed by atoms with van der Waals surface area (Å²) in [6, 6.07) is 6.52. The number of hydrogen-bond donors (Lipinski definition) is 1. The smallest absolute Gasteiger partial charge is 0.120 e. The van der Waals surface area contributed by atoms with E-state index in [1.165, 1.54) is 16.7 Å². The second-order valence-electron chi connectivity index (χ2n) is 4.18. The van der Waals surface area contributed by atoms with Gasteiger partial charge < -0.3 is 4.98 Å². The first kappa shape index (κ1) is 12.5. The number of nitrogens with one attached hydrogen (secondary N) is 1. The molecule has 0 fully saturated rings. The molecule has 0 unspecified atom stereocenters. The van der Waals surface area contributed by atoms with Crippen LogP contribution in [0.25, 0.3) is 0 Å². The highest BCUT2D eigenvalue weighted by Gasteiger charge is 2.01. The molecule has 0 aliphatic rings. The highest BCUT2D eigenvalue weighted by atomic mass is 79.9. The quantitative estimate of drug-likeness (QED) is 0.846. The third kappa shape index (κ3) is 3.23. The van der Waals surface area contributed by atoms with Crippen LogP contribution in [0.5, 0.6) is 0 Å². The maximum atomic E-state index is 5.17. The Morgan fingerprint density at radius 1 is 1.24 bits per heavy atom. The predicted octanol–water partition coefficient (Wildman–Crippen LogP) is 4.11. The van der Waals surface area contributed by atoms with E-state index in [1.807, 2.05) is 0 Å². The molecule has 4 heteroatoms. The van der Waals surface area contributed by atoms with Gasteiger partial charge in [0.1, 0.15) is 10.5 Å². The van der Waals surface area contributed by atoms with Crippen molar-refractivity contribution in [3.05, 3.63) is 56.0 Å². The summed E-state index contributed by atoms with van der Waals surface area (Å²) in [6.07, 6.45) is 2.52. The molecule has 2 rings (SSSR count). The van der Waals surface area contributed by atoms with E-state index in [9.17, 15) is 0 Å². The molecule has 17 heavy (non-hydrogen) atoms. The van der Waals surface area contributed by atoms with Crippen LogP contribution in [0.3, 0.4) is 0 Å². The van der Waals surface area contributed by atoms with Gasteiger partial charge in [0.15, 0.2) is 0 Å². The minimum absolute atomic E-state index is 0.694. The zero-order valence-electron chi connectivity index (χ0n) is 9.75. The Kier molecular flexibility index (Phi) is 3.74. The molecule has 0 saturated heterocycles. The monoisotopic (exact) mass is 308 g/mol. The molecule has 88 valence electrons.